The molecule has 0 bridgehead atoms. The summed E-state index contributed by atoms with van der Waals surface area (Å²) in [5.41, 5.74) is 1.73. The molecular weight excluding hydrogens is 378 g/mol. The molecule has 30 heavy (non-hydrogen) atoms. The maximum atomic E-state index is 12.6. The Bertz CT molecular complexity index is 758. The zero-order valence-corrected chi connectivity index (χ0v) is 18.2. The van der Waals surface area contributed by atoms with E-state index in [1.807, 2.05) is 43.0 Å². The van der Waals surface area contributed by atoms with E-state index in [4.69, 9.17) is 0 Å². The molecule has 164 valence electrons. The summed E-state index contributed by atoms with van der Waals surface area (Å²) in [6.45, 7) is 7.29. The van der Waals surface area contributed by atoms with E-state index in [1.165, 1.54) is 12.8 Å². The van der Waals surface area contributed by atoms with Crippen molar-refractivity contribution < 1.29 is 9.59 Å². The molecule has 0 aromatic heterocycles. The SMILES string of the molecule is CCNC(=NCCNC(=O)c1cccc(C)c1)NC1CCN(C(=O)C2CCCC2)C1. The van der Waals surface area contributed by atoms with Crippen molar-refractivity contribution in [2.75, 3.05) is 32.7 Å². The van der Waals surface area contributed by atoms with E-state index in [-0.39, 0.29) is 17.9 Å². The van der Waals surface area contributed by atoms with Gasteiger partial charge in [0.25, 0.3) is 5.91 Å². The predicted molar refractivity (Wildman–Crippen MR) is 120 cm³/mol. The fourth-order valence-electron chi connectivity index (χ4n) is 4.25. The number of benzene rings is 1. The maximum absolute atomic E-state index is 12.6. The van der Waals surface area contributed by atoms with Gasteiger partial charge in [0.2, 0.25) is 5.91 Å². The number of nitrogens with zero attached hydrogens (tertiary/aromatic N) is 2. The molecule has 1 atom stereocenters. The summed E-state index contributed by atoms with van der Waals surface area (Å²) < 4.78 is 0. The lowest BCUT2D eigenvalue weighted by Crippen LogP contribution is -2.45. The first-order chi connectivity index (χ1) is 14.6. The Hall–Kier alpha value is -2.57. The highest BCUT2D eigenvalue weighted by Crippen LogP contribution is 2.27. The fourth-order valence-corrected chi connectivity index (χ4v) is 4.25. The Balaban J connectivity index is 1.44. The van der Waals surface area contributed by atoms with Gasteiger partial charge in [0.05, 0.1) is 6.54 Å². The van der Waals surface area contributed by atoms with Gasteiger partial charge in [-0.2, -0.15) is 0 Å². The number of hydrogen-bond donors (Lipinski definition) is 3. The third-order valence-corrected chi connectivity index (χ3v) is 5.84. The summed E-state index contributed by atoms with van der Waals surface area (Å²) in [4.78, 5) is 31.5. The average molecular weight is 414 g/mol. The van der Waals surface area contributed by atoms with Crippen molar-refractivity contribution in [1.82, 2.24) is 20.9 Å². The van der Waals surface area contributed by atoms with Crippen molar-refractivity contribution in [3.8, 4) is 0 Å². The van der Waals surface area contributed by atoms with Crippen LogP contribution >= 0.6 is 0 Å². The number of amides is 2. The van der Waals surface area contributed by atoms with E-state index in [9.17, 15) is 9.59 Å². The highest BCUT2D eigenvalue weighted by atomic mass is 16.2. The van der Waals surface area contributed by atoms with Gasteiger partial charge in [-0.3, -0.25) is 14.6 Å². The maximum Gasteiger partial charge on any atom is 0.251 e. The summed E-state index contributed by atoms with van der Waals surface area (Å²) in [6.07, 6.45) is 5.40. The molecule has 1 saturated carbocycles. The Labute approximate surface area is 179 Å². The van der Waals surface area contributed by atoms with E-state index in [0.717, 1.165) is 50.4 Å². The lowest BCUT2D eigenvalue weighted by Gasteiger charge is -2.21. The number of rotatable bonds is 7. The number of likely N-dealkylation sites (tertiary alicyclic amines) is 1. The number of hydrogen-bond acceptors (Lipinski definition) is 3. The Kier molecular flexibility index (Phi) is 8.11. The number of carbonyl (C=O) groups is 2. The van der Waals surface area contributed by atoms with Gasteiger partial charge in [-0.05, 0) is 45.2 Å². The van der Waals surface area contributed by atoms with Crippen molar-refractivity contribution in [3.63, 3.8) is 0 Å². The molecule has 1 unspecified atom stereocenters. The summed E-state index contributed by atoms with van der Waals surface area (Å²) in [7, 11) is 0. The van der Waals surface area contributed by atoms with Crippen molar-refractivity contribution >= 4 is 17.8 Å². The van der Waals surface area contributed by atoms with Crippen molar-refractivity contribution in [3.05, 3.63) is 35.4 Å². The number of aliphatic imine (C=N–C) groups is 1. The van der Waals surface area contributed by atoms with Crippen molar-refractivity contribution in [2.24, 2.45) is 10.9 Å². The Morgan fingerprint density at radius 1 is 1.17 bits per heavy atom. The van der Waals surface area contributed by atoms with Crippen LogP contribution in [0.1, 0.15) is 54.9 Å². The first kappa shape index (κ1) is 22.1. The lowest BCUT2D eigenvalue weighted by molar-refractivity contribution is -0.134. The second-order valence-corrected chi connectivity index (χ2v) is 8.28. The zero-order valence-electron chi connectivity index (χ0n) is 18.2. The van der Waals surface area contributed by atoms with Gasteiger partial charge in [-0.1, -0.05) is 30.5 Å². The van der Waals surface area contributed by atoms with E-state index in [1.54, 1.807) is 0 Å². The monoisotopic (exact) mass is 413 g/mol. The van der Waals surface area contributed by atoms with Gasteiger partial charge in [-0.25, -0.2) is 0 Å². The summed E-state index contributed by atoms with van der Waals surface area (Å²) in [6, 6.07) is 7.77. The normalized spacial score (nSPS) is 19.7. The van der Waals surface area contributed by atoms with Gasteiger partial charge >= 0.3 is 0 Å². The minimum Gasteiger partial charge on any atom is -0.357 e. The third-order valence-electron chi connectivity index (χ3n) is 5.84. The lowest BCUT2D eigenvalue weighted by atomic mass is 10.1. The molecule has 1 heterocycles. The number of nitrogens with one attached hydrogen (secondary N) is 3. The van der Waals surface area contributed by atoms with Crippen LogP contribution in [0, 0.1) is 12.8 Å². The summed E-state index contributed by atoms with van der Waals surface area (Å²) in [5.74, 6) is 1.23. The molecule has 0 radical (unpaired) electrons. The topological polar surface area (TPSA) is 85.8 Å². The molecule has 7 heteroatoms. The standard InChI is InChI=1S/C23H35N5O2/c1-3-24-23(26-13-12-25-21(29)19-10-6-7-17(2)15-19)27-20-11-14-28(16-20)22(30)18-8-4-5-9-18/h6-7,10,15,18,20H,3-5,8-9,11-14,16H2,1-2H3,(H,25,29)(H2,24,26,27). The molecule has 7 nitrogen and oxygen atoms in total. The van der Waals surface area contributed by atoms with E-state index < -0.39 is 0 Å². The molecule has 1 aliphatic heterocycles. The third kappa shape index (κ3) is 6.21. The summed E-state index contributed by atoms with van der Waals surface area (Å²) >= 11 is 0. The molecule has 3 rings (SSSR count). The Morgan fingerprint density at radius 3 is 2.70 bits per heavy atom. The molecule has 2 aliphatic rings. The second-order valence-electron chi connectivity index (χ2n) is 8.28. The molecule has 0 spiro atoms. The molecule has 1 aromatic carbocycles. The molecule has 1 aliphatic carbocycles. The van der Waals surface area contributed by atoms with Crippen molar-refractivity contribution in [2.45, 2.75) is 52.0 Å². The predicted octanol–water partition coefficient (Wildman–Crippen LogP) is 2.07. The smallest absolute Gasteiger partial charge is 0.251 e. The van der Waals surface area contributed by atoms with Crippen LogP contribution in [-0.2, 0) is 4.79 Å². The van der Waals surface area contributed by atoms with Gasteiger partial charge < -0.3 is 20.9 Å². The van der Waals surface area contributed by atoms with Crippen LogP contribution in [0.3, 0.4) is 0 Å². The van der Waals surface area contributed by atoms with Crippen LogP contribution < -0.4 is 16.0 Å². The number of aryl methyl sites for hydroxylation is 1. The minimum atomic E-state index is -0.0799. The highest BCUT2D eigenvalue weighted by Gasteiger charge is 2.32. The fraction of sp³-hybridized carbons (Fsp3) is 0.609. The van der Waals surface area contributed by atoms with E-state index >= 15 is 0 Å². The molecule has 3 N–H and O–H groups in total. The van der Waals surface area contributed by atoms with Crippen LogP contribution in [0.5, 0.6) is 0 Å². The largest absolute Gasteiger partial charge is 0.357 e. The van der Waals surface area contributed by atoms with Crippen LogP contribution in [0.15, 0.2) is 29.3 Å². The van der Waals surface area contributed by atoms with Gasteiger partial charge in [0, 0.05) is 43.7 Å². The van der Waals surface area contributed by atoms with E-state index in [2.05, 4.69) is 20.9 Å². The van der Waals surface area contributed by atoms with Crippen LogP contribution in [0.2, 0.25) is 0 Å². The van der Waals surface area contributed by atoms with Crippen molar-refractivity contribution in [1.29, 1.82) is 0 Å². The zero-order chi connectivity index (χ0) is 21.3. The number of carbonyl (C=O) groups excluding carboxylic acids is 2. The van der Waals surface area contributed by atoms with Gasteiger partial charge in [0.15, 0.2) is 5.96 Å². The first-order valence-electron chi connectivity index (χ1n) is 11.3. The van der Waals surface area contributed by atoms with Gasteiger partial charge in [0.1, 0.15) is 0 Å². The number of guanidine groups is 1. The van der Waals surface area contributed by atoms with Crippen LogP contribution in [0.25, 0.3) is 0 Å². The average Bonchev–Trinajstić information content (AvgIpc) is 3.43. The quantitative estimate of drug-likeness (QED) is 0.363. The van der Waals surface area contributed by atoms with Crippen LogP contribution in [0.4, 0.5) is 0 Å². The molecular formula is C23H35N5O2. The first-order valence-corrected chi connectivity index (χ1v) is 11.3. The molecule has 2 fully saturated rings. The molecule has 1 saturated heterocycles. The summed E-state index contributed by atoms with van der Waals surface area (Å²) in [5, 5.41) is 9.63. The Morgan fingerprint density at radius 2 is 1.97 bits per heavy atom. The second kappa shape index (κ2) is 11.0. The van der Waals surface area contributed by atoms with E-state index in [0.29, 0.717) is 24.6 Å². The molecule has 2 amide bonds. The minimum absolute atomic E-state index is 0.0799. The van der Waals surface area contributed by atoms with Gasteiger partial charge in [-0.15, -0.1) is 0 Å². The van der Waals surface area contributed by atoms with Crippen LogP contribution in [-0.4, -0.2) is 61.4 Å². The highest BCUT2D eigenvalue weighted by molar-refractivity contribution is 5.94. The molecule has 1 aromatic rings.